The monoisotopic (exact) mass is 335 g/mol. The lowest BCUT2D eigenvalue weighted by molar-refractivity contribution is -0.123. The van der Waals surface area contributed by atoms with Gasteiger partial charge in [0.15, 0.2) is 0 Å². The molecule has 1 unspecified atom stereocenters. The first-order chi connectivity index (χ1) is 11.6. The summed E-state index contributed by atoms with van der Waals surface area (Å²) in [5.41, 5.74) is 1.21. The largest absolute Gasteiger partial charge is 0.493 e. The van der Waals surface area contributed by atoms with Gasteiger partial charge in [-0.2, -0.15) is 0 Å². The molecule has 0 aromatic heterocycles. The number of rotatable bonds is 12. The Morgan fingerprint density at radius 2 is 2.00 bits per heavy atom. The van der Waals surface area contributed by atoms with E-state index in [0.717, 1.165) is 38.0 Å². The van der Waals surface area contributed by atoms with Crippen LogP contribution >= 0.6 is 0 Å². The number of nitrogens with one attached hydrogen (secondary N) is 2. The van der Waals surface area contributed by atoms with Gasteiger partial charge in [-0.25, -0.2) is 0 Å². The molecule has 1 atom stereocenters. The number of benzene rings is 1. The number of hydrogen-bond donors (Lipinski definition) is 2. The van der Waals surface area contributed by atoms with Gasteiger partial charge in [-0.3, -0.25) is 4.79 Å². The van der Waals surface area contributed by atoms with Crippen LogP contribution in [0, 0.1) is 0 Å². The van der Waals surface area contributed by atoms with E-state index in [9.17, 15) is 4.79 Å². The average molecular weight is 335 g/mol. The van der Waals surface area contributed by atoms with Crippen molar-refractivity contribution in [3.63, 3.8) is 0 Å². The van der Waals surface area contributed by atoms with Gasteiger partial charge in [0, 0.05) is 13.1 Å². The van der Waals surface area contributed by atoms with Crippen LogP contribution in [-0.2, 0) is 11.2 Å². The third-order valence-electron chi connectivity index (χ3n) is 3.86. The van der Waals surface area contributed by atoms with Crippen LogP contribution in [0.3, 0.4) is 0 Å². The zero-order valence-electron chi connectivity index (χ0n) is 15.6. The van der Waals surface area contributed by atoms with Crippen LogP contribution < -0.4 is 15.4 Å². The van der Waals surface area contributed by atoms with Gasteiger partial charge in [0.1, 0.15) is 5.75 Å². The second kappa shape index (κ2) is 11.9. The highest BCUT2D eigenvalue weighted by Crippen LogP contribution is 2.19. The Bertz CT molecular complexity index is 477. The van der Waals surface area contributed by atoms with Gasteiger partial charge in [0.05, 0.1) is 12.6 Å². The molecule has 0 saturated carbocycles. The summed E-state index contributed by atoms with van der Waals surface area (Å²) in [4.78, 5) is 14.1. The number of unbranched alkanes of at least 4 members (excludes halogenated alkanes) is 1. The van der Waals surface area contributed by atoms with Crippen molar-refractivity contribution < 1.29 is 9.53 Å². The molecule has 2 N–H and O–H groups in total. The van der Waals surface area contributed by atoms with E-state index in [4.69, 9.17) is 4.74 Å². The summed E-state index contributed by atoms with van der Waals surface area (Å²) in [6.45, 7) is 4.29. The number of para-hydroxylation sites is 1. The first-order valence-corrected chi connectivity index (χ1v) is 8.88. The molecule has 5 nitrogen and oxygen atoms in total. The summed E-state index contributed by atoms with van der Waals surface area (Å²) in [5.74, 6) is 1.02. The van der Waals surface area contributed by atoms with Gasteiger partial charge in [0.25, 0.3) is 0 Å². The van der Waals surface area contributed by atoms with Gasteiger partial charge in [0.2, 0.25) is 5.91 Å². The minimum atomic E-state index is -0.176. The maximum absolute atomic E-state index is 12.1. The molecule has 136 valence electrons. The lowest BCUT2D eigenvalue weighted by Gasteiger charge is -2.20. The Hall–Kier alpha value is -1.59. The van der Waals surface area contributed by atoms with E-state index in [2.05, 4.69) is 23.6 Å². The third kappa shape index (κ3) is 7.79. The summed E-state index contributed by atoms with van der Waals surface area (Å²) < 4.78 is 5.85. The second-order valence-electron chi connectivity index (χ2n) is 6.31. The average Bonchev–Trinajstić information content (AvgIpc) is 2.57. The maximum atomic E-state index is 12.1. The molecular formula is C19H33N3O2. The quantitative estimate of drug-likeness (QED) is 0.574. The molecule has 24 heavy (non-hydrogen) atoms. The van der Waals surface area contributed by atoms with Gasteiger partial charge in [-0.1, -0.05) is 31.5 Å². The fourth-order valence-electron chi connectivity index (χ4n) is 2.46. The van der Waals surface area contributed by atoms with Crippen LogP contribution in [0.4, 0.5) is 0 Å². The molecule has 0 bridgehead atoms. The smallest absolute Gasteiger partial charge is 0.238 e. The first-order valence-electron chi connectivity index (χ1n) is 8.88. The molecular weight excluding hydrogens is 302 g/mol. The van der Waals surface area contributed by atoms with Crippen molar-refractivity contribution in [1.29, 1.82) is 0 Å². The molecule has 0 aliphatic heterocycles. The highest BCUT2D eigenvalue weighted by Gasteiger charge is 2.16. The Kier molecular flexibility index (Phi) is 10.1. The normalized spacial score (nSPS) is 12.2. The van der Waals surface area contributed by atoms with E-state index < -0.39 is 0 Å². The van der Waals surface area contributed by atoms with E-state index in [1.807, 2.05) is 44.2 Å². The van der Waals surface area contributed by atoms with Crippen LogP contribution in [-0.4, -0.2) is 57.7 Å². The Labute approximate surface area is 146 Å². The molecule has 0 aliphatic carbocycles. The van der Waals surface area contributed by atoms with Gasteiger partial charge >= 0.3 is 0 Å². The van der Waals surface area contributed by atoms with Gasteiger partial charge < -0.3 is 20.3 Å². The lowest BCUT2D eigenvalue weighted by Crippen LogP contribution is -2.48. The predicted molar refractivity (Wildman–Crippen MR) is 99.6 cm³/mol. The topological polar surface area (TPSA) is 53.6 Å². The number of ether oxygens (including phenoxy) is 1. The molecule has 0 radical (unpaired) electrons. The summed E-state index contributed by atoms with van der Waals surface area (Å²) in [5, 5.41) is 6.07. The summed E-state index contributed by atoms with van der Waals surface area (Å²) in [6, 6.07) is 7.99. The Balaban J connectivity index is 2.38. The molecule has 1 rings (SSSR count). The molecule has 0 heterocycles. The minimum absolute atomic E-state index is 0.0543. The van der Waals surface area contributed by atoms with Crippen molar-refractivity contribution in [3.8, 4) is 5.75 Å². The molecule has 1 aromatic carbocycles. The zero-order valence-corrected chi connectivity index (χ0v) is 15.6. The number of amides is 1. The van der Waals surface area contributed by atoms with Crippen LogP contribution in [0.1, 0.15) is 31.7 Å². The first kappa shape index (κ1) is 20.5. The highest BCUT2D eigenvalue weighted by atomic mass is 16.5. The Morgan fingerprint density at radius 3 is 2.67 bits per heavy atom. The van der Waals surface area contributed by atoms with E-state index in [-0.39, 0.29) is 11.9 Å². The number of carbonyl (C=O) groups excluding carboxylic acids is 1. The summed E-state index contributed by atoms with van der Waals surface area (Å²) >= 11 is 0. The molecule has 0 saturated heterocycles. The van der Waals surface area contributed by atoms with Gasteiger partial charge in [-0.05, 0) is 52.0 Å². The fraction of sp³-hybridized carbons (Fsp3) is 0.632. The molecule has 0 spiro atoms. The Morgan fingerprint density at radius 1 is 1.25 bits per heavy atom. The number of nitrogens with zero attached hydrogens (tertiary/aromatic N) is 1. The van der Waals surface area contributed by atoms with E-state index in [1.54, 1.807) is 0 Å². The fourth-order valence-corrected chi connectivity index (χ4v) is 2.46. The molecule has 0 fully saturated rings. The molecule has 1 amide bonds. The van der Waals surface area contributed by atoms with Crippen LogP contribution in [0.15, 0.2) is 24.3 Å². The predicted octanol–water partition coefficient (Wildman–Crippen LogP) is 2.06. The number of likely N-dealkylation sites (N-methyl/N-ethyl adjacent to an activating group) is 2. The lowest BCUT2D eigenvalue weighted by atomic mass is 10.1. The van der Waals surface area contributed by atoms with E-state index in [1.165, 1.54) is 5.56 Å². The number of aryl methyl sites for hydroxylation is 1. The third-order valence-corrected chi connectivity index (χ3v) is 3.86. The van der Waals surface area contributed by atoms with Crippen molar-refractivity contribution in [2.75, 3.05) is 40.8 Å². The second-order valence-corrected chi connectivity index (χ2v) is 6.31. The van der Waals surface area contributed by atoms with Crippen LogP contribution in [0.2, 0.25) is 0 Å². The number of hydrogen-bond acceptors (Lipinski definition) is 4. The standard InChI is InChI=1S/C19H33N3O2/c1-5-6-14-24-18-12-8-7-10-16(18)11-9-13-21-19(23)17(20-2)15-22(3)4/h7-8,10,12,17,20H,5-6,9,11,13-15H2,1-4H3,(H,21,23). The van der Waals surface area contributed by atoms with Crippen LogP contribution in [0.25, 0.3) is 0 Å². The van der Waals surface area contributed by atoms with E-state index >= 15 is 0 Å². The molecule has 5 heteroatoms. The van der Waals surface area contributed by atoms with Crippen molar-refractivity contribution >= 4 is 5.91 Å². The molecule has 1 aromatic rings. The molecule has 0 aliphatic rings. The van der Waals surface area contributed by atoms with Crippen molar-refractivity contribution in [3.05, 3.63) is 29.8 Å². The van der Waals surface area contributed by atoms with E-state index in [0.29, 0.717) is 13.1 Å². The van der Waals surface area contributed by atoms with Crippen molar-refractivity contribution in [2.24, 2.45) is 0 Å². The summed E-state index contributed by atoms with van der Waals surface area (Å²) in [7, 11) is 5.75. The van der Waals surface area contributed by atoms with Crippen molar-refractivity contribution in [2.45, 2.75) is 38.6 Å². The SMILES string of the molecule is CCCCOc1ccccc1CCCNC(=O)C(CN(C)C)NC. The zero-order chi connectivity index (χ0) is 17.8. The van der Waals surface area contributed by atoms with Gasteiger partial charge in [-0.15, -0.1) is 0 Å². The minimum Gasteiger partial charge on any atom is -0.493 e. The summed E-state index contributed by atoms with van der Waals surface area (Å²) in [6.07, 6.45) is 4.01. The van der Waals surface area contributed by atoms with Crippen LogP contribution in [0.5, 0.6) is 5.75 Å². The number of carbonyl (C=O) groups is 1. The maximum Gasteiger partial charge on any atom is 0.238 e. The van der Waals surface area contributed by atoms with Crippen molar-refractivity contribution in [1.82, 2.24) is 15.5 Å². The highest BCUT2D eigenvalue weighted by molar-refractivity contribution is 5.81.